The molecule has 0 amide bonds. The third-order valence-electron chi connectivity index (χ3n) is 3.01. The highest BCUT2D eigenvalue weighted by molar-refractivity contribution is 5.71. The van der Waals surface area contributed by atoms with E-state index in [9.17, 15) is 0 Å². The van der Waals surface area contributed by atoms with Crippen LogP contribution in [-0.2, 0) is 13.0 Å². The van der Waals surface area contributed by atoms with Crippen LogP contribution < -0.4 is 10.5 Å². The molecule has 0 unspecified atom stereocenters. The molecule has 2 aromatic heterocycles. The van der Waals surface area contributed by atoms with Crippen LogP contribution in [0.15, 0.2) is 40.9 Å². The van der Waals surface area contributed by atoms with Gasteiger partial charge in [-0.3, -0.25) is 0 Å². The second kappa shape index (κ2) is 5.21. The quantitative estimate of drug-likeness (QED) is 0.788. The first-order valence-electron chi connectivity index (χ1n) is 6.47. The van der Waals surface area contributed by atoms with Crippen molar-refractivity contribution in [1.82, 2.24) is 9.97 Å². The molecule has 2 N–H and O–H groups in total. The number of nitrogens with zero attached hydrogens (tertiary/aromatic N) is 2. The number of aryl methyl sites for hydroxylation is 1. The number of ether oxygens (including phenoxy) is 1. The zero-order valence-corrected chi connectivity index (χ0v) is 11.2. The highest BCUT2D eigenvalue weighted by Crippen LogP contribution is 2.18. The minimum absolute atomic E-state index is 0.266. The van der Waals surface area contributed by atoms with Crippen molar-refractivity contribution in [2.75, 3.05) is 5.73 Å². The van der Waals surface area contributed by atoms with Crippen LogP contribution in [0, 0.1) is 0 Å². The molecule has 1 aromatic carbocycles. The Morgan fingerprint density at radius 3 is 2.80 bits per heavy atom. The summed E-state index contributed by atoms with van der Waals surface area (Å²) in [7, 11) is 0. The molecule has 0 saturated carbocycles. The van der Waals surface area contributed by atoms with E-state index in [1.165, 1.54) is 5.56 Å². The summed E-state index contributed by atoms with van der Waals surface area (Å²) in [5, 5.41) is 0. The monoisotopic (exact) mass is 269 g/mol. The molecular formula is C15H15N3O2. The highest BCUT2D eigenvalue weighted by atomic mass is 16.5. The zero-order chi connectivity index (χ0) is 13.9. The fraction of sp³-hybridized carbons (Fsp3) is 0.200. The van der Waals surface area contributed by atoms with E-state index in [0.29, 0.717) is 22.8 Å². The minimum atomic E-state index is 0.266. The van der Waals surface area contributed by atoms with E-state index in [0.717, 1.165) is 12.2 Å². The summed E-state index contributed by atoms with van der Waals surface area (Å²) in [5.74, 6) is 1.27. The van der Waals surface area contributed by atoms with E-state index in [2.05, 4.69) is 16.9 Å². The molecule has 3 aromatic rings. The average molecular weight is 269 g/mol. The Hall–Kier alpha value is -2.56. The molecule has 5 nitrogen and oxygen atoms in total. The molecule has 0 aliphatic rings. The topological polar surface area (TPSA) is 74.2 Å². The maximum absolute atomic E-state index is 5.64. The van der Waals surface area contributed by atoms with Crippen LogP contribution in [0.2, 0.25) is 0 Å². The number of rotatable bonds is 4. The number of pyridine rings is 1. The summed E-state index contributed by atoms with van der Waals surface area (Å²) >= 11 is 0. The van der Waals surface area contributed by atoms with Crippen LogP contribution in [0.4, 0.5) is 5.69 Å². The van der Waals surface area contributed by atoms with Gasteiger partial charge in [-0.25, -0.2) is 4.98 Å². The Morgan fingerprint density at radius 1 is 1.25 bits per heavy atom. The molecule has 20 heavy (non-hydrogen) atoms. The van der Waals surface area contributed by atoms with E-state index in [4.69, 9.17) is 14.9 Å². The maximum Gasteiger partial charge on any atom is 0.235 e. The van der Waals surface area contributed by atoms with Crippen molar-refractivity contribution in [3.63, 3.8) is 0 Å². The van der Waals surface area contributed by atoms with Crippen LogP contribution in [0.1, 0.15) is 18.4 Å². The first-order valence-corrected chi connectivity index (χ1v) is 6.47. The number of hydrogen-bond acceptors (Lipinski definition) is 5. The Labute approximate surface area is 116 Å². The molecule has 5 heteroatoms. The van der Waals surface area contributed by atoms with E-state index in [-0.39, 0.29) is 6.61 Å². The van der Waals surface area contributed by atoms with Gasteiger partial charge < -0.3 is 14.9 Å². The summed E-state index contributed by atoms with van der Waals surface area (Å²) in [4.78, 5) is 8.34. The predicted octanol–water partition coefficient (Wildman–Crippen LogP) is 2.95. The number of oxazole rings is 1. The van der Waals surface area contributed by atoms with Gasteiger partial charge in [-0.2, -0.15) is 4.98 Å². The molecule has 0 aliphatic carbocycles. The summed E-state index contributed by atoms with van der Waals surface area (Å²) < 4.78 is 11.2. The van der Waals surface area contributed by atoms with E-state index < -0.39 is 0 Å². The van der Waals surface area contributed by atoms with Gasteiger partial charge in [0.25, 0.3) is 0 Å². The van der Waals surface area contributed by atoms with Crippen LogP contribution in [-0.4, -0.2) is 9.97 Å². The van der Waals surface area contributed by atoms with Crippen LogP contribution in [0.25, 0.3) is 11.2 Å². The molecule has 102 valence electrons. The lowest BCUT2D eigenvalue weighted by molar-refractivity contribution is 0.267. The van der Waals surface area contributed by atoms with Gasteiger partial charge in [0.2, 0.25) is 5.89 Å². The summed E-state index contributed by atoms with van der Waals surface area (Å²) in [5.41, 5.74) is 8.59. The minimum Gasteiger partial charge on any atom is -0.484 e. The maximum atomic E-state index is 5.64. The molecule has 2 heterocycles. The van der Waals surface area contributed by atoms with Crippen molar-refractivity contribution in [1.29, 1.82) is 0 Å². The fourth-order valence-electron chi connectivity index (χ4n) is 1.91. The number of fused-ring (bicyclic) bond motifs is 1. The molecule has 0 saturated heterocycles. The van der Waals surface area contributed by atoms with Crippen LogP contribution >= 0.6 is 0 Å². The van der Waals surface area contributed by atoms with Crippen molar-refractivity contribution in [3.8, 4) is 5.75 Å². The molecule has 0 spiro atoms. The van der Waals surface area contributed by atoms with Crippen molar-refractivity contribution < 1.29 is 9.15 Å². The van der Waals surface area contributed by atoms with Gasteiger partial charge in [0.15, 0.2) is 17.8 Å². The van der Waals surface area contributed by atoms with Gasteiger partial charge in [0.05, 0.1) is 11.9 Å². The van der Waals surface area contributed by atoms with Gasteiger partial charge >= 0.3 is 0 Å². The number of hydrogen-bond donors (Lipinski definition) is 1. The smallest absolute Gasteiger partial charge is 0.235 e. The van der Waals surface area contributed by atoms with Crippen molar-refractivity contribution in [2.45, 2.75) is 20.0 Å². The molecule has 0 atom stereocenters. The summed E-state index contributed by atoms with van der Waals surface area (Å²) in [6, 6.07) is 9.68. The Kier molecular flexibility index (Phi) is 3.25. The lowest BCUT2D eigenvalue weighted by atomic mass is 10.2. The molecule has 0 aliphatic heterocycles. The van der Waals surface area contributed by atoms with E-state index in [1.807, 2.05) is 24.3 Å². The molecule has 3 rings (SSSR count). The number of nitrogens with two attached hydrogens (primary N) is 1. The zero-order valence-electron chi connectivity index (χ0n) is 11.2. The van der Waals surface area contributed by atoms with Gasteiger partial charge in [-0.1, -0.05) is 19.1 Å². The molecule has 0 fully saturated rings. The van der Waals surface area contributed by atoms with Crippen molar-refractivity contribution in [3.05, 3.63) is 48.0 Å². The lowest BCUT2D eigenvalue weighted by Crippen LogP contribution is -1.95. The van der Waals surface area contributed by atoms with Gasteiger partial charge in [0.1, 0.15) is 5.75 Å². The predicted molar refractivity (Wildman–Crippen MR) is 76.4 cm³/mol. The first kappa shape index (κ1) is 12.5. The Morgan fingerprint density at radius 2 is 2.05 bits per heavy atom. The standard InChI is InChI=1S/C15H15N3O2/c1-2-10-3-5-12(6-4-10)19-9-14-18-15-13(20-14)7-11(16)8-17-15/h3-8H,2,9,16H2,1H3. The second-order valence-corrected chi connectivity index (χ2v) is 4.48. The lowest BCUT2D eigenvalue weighted by Gasteiger charge is -2.03. The van der Waals surface area contributed by atoms with Crippen LogP contribution in [0.3, 0.4) is 0 Å². The van der Waals surface area contributed by atoms with E-state index >= 15 is 0 Å². The van der Waals surface area contributed by atoms with Gasteiger partial charge in [0, 0.05) is 6.07 Å². The highest BCUT2D eigenvalue weighted by Gasteiger charge is 2.07. The number of aromatic nitrogens is 2. The van der Waals surface area contributed by atoms with Gasteiger partial charge in [-0.05, 0) is 24.1 Å². The molecule has 0 radical (unpaired) electrons. The Balaban J connectivity index is 1.72. The third kappa shape index (κ3) is 2.56. The van der Waals surface area contributed by atoms with Gasteiger partial charge in [-0.15, -0.1) is 0 Å². The van der Waals surface area contributed by atoms with Crippen molar-refractivity contribution in [2.24, 2.45) is 0 Å². The largest absolute Gasteiger partial charge is 0.484 e. The molecule has 0 bridgehead atoms. The number of benzene rings is 1. The summed E-state index contributed by atoms with van der Waals surface area (Å²) in [6.07, 6.45) is 2.57. The first-order chi connectivity index (χ1) is 9.74. The van der Waals surface area contributed by atoms with Crippen molar-refractivity contribution >= 4 is 16.9 Å². The summed E-state index contributed by atoms with van der Waals surface area (Å²) in [6.45, 7) is 2.38. The second-order valence-electron chi connectivity index (χ2n) is 4.48. The SMILES string of the molecule is CCc1ccc(OCc2nc3ncc(N)cc3o2)cc1. The Bertz CT molecular complexity index is 720. The normalized spacial score (nSPS) is 10.8. The van der Waals surface area contributed by atoms with E-state index in [1.54, 1.807) is 12.3 Å². The van der Waals surface area contributed by atoms with Crippen LogP contribution in [0.5, 0.6) is 5.75 Å². The average Bonchev–Trinajstić information content (AvgIpc) is 2.87. The number of nitrogen functional groups attached to an aromatic ring is 1. The number of anilines is 1. The molecular weight excluding hydrogens is 254 g/mol. The third-order valence-corrected chi connectivity index (χ3v) is 3.01. The fourth-order valence-corrected chi connectivity index (χ4v) is 1.91.